The van der Waals surface area contributed by atoms with E-state index in [4.69, 9.17) is 28.2 Å². The van der Waals surface area contributed by atoms with Crippen LogP contribution in [0, 0.1) is 5.82 Å². The van der Waals surface area contributed by atoms with Crippen LogP contribution in [0.1, 0.15) is 52.1 Å². The summed E-state index contributed by atoms with van der Waals surface area (Å²) in [6.45, 7) is 14.0. The van der Waals surface area contributed by atoms with E-state index in [0.717, 1.165) is 4.88 Å². The molecule has 0 unspecified atom stereocenters. The molecule has 0 atom stereocenters. The lowest BCUT2D eigenvalue weighted by Crippen LogP contribution is -2.47. The highest BCUT2D eigenvalue weighted by molar-refractivity contribution is 7.81. The van der Waals surface area contributed by atoms with Gasteiger partial charge in [-0.1, -0.05) is 69.8 Å². The highest BCUT2D eigenvalue weighted by Crippen LogP contribution is 2.43. The molecular weight excluding hydrogens is 433 g/mol. The maximum absolute atomic E-state index is 13.4. The maximum atomic E-state index is 13.4. The molecule has 0 fully saturated rings. The van der Waals surface area contributed by atoms with E-state index >= 15 is 0 Å². The topological polar surface area (TPSA) is 47.0 Å². The van der Waals surface area contributed by atoms with Gasteiger partial charge in [0.2, 0.25) is 8.32 Å². The third-order valence-electron chi connectivity index (χ3n) is 5.11. The van der Waals surface area contributed by atoms with E-state index < -0.39 is 14.1 Å². The first-order valence-electron chi connectivity index (χ1n) is 9.31. The first-order chi connectivity index (χ1) is 13.1. The van der Waals surface area contributed by atoms with Crippen molar-refractivity contribution < 1.29 is 8.82 Å². The summed E-state index contributed by atoms with van der Waals surface area (Å²) in [5, 5.41) is 7.28. The molecule has 0 aliphatic heterocycles. The smallest absolute Gasteiger partial charge is 0.200 e. The first-order valence-corrected chi connectivity index (χ1v) is 13.0. The SMILES string of the molecule is CC(C)[Si](OCc1snnc1C(=S)Nc1ccc(F)c(Cl)c1)(C(C)C)C(C)C. The molecule has 1 N–H and O–H groups in total. The van der Waals surface area contributed by atoms with Crippen molar-refractivity contribution in [2.45, 2.75) is 64.8 Å². The van der Waals surface area contributed by atoms with Gasteiger partial charge < -0.3 is 9.74 Å². The predicted octanol–water partition coefficient (Wildman–Crippen LogP) is 6.81. The second kappa shape index (κ2) is 9.71. The zero-order valence-electron chi connectivity index (χ0n) is 17.0. The minimum absolute atomic E-state index is 0.0364. The summed E-state index contributed by atoms with van der Waals surface area (Å²) in [6.07, 6.45) is 0. The Morgan fingerprint density at radius 3 is 2.36 bits per heavy atom. The molecule has 1 aromatic heterocycles. The Morgan fingerprint density at radius 1 is 1.21 bits per heavy atom. The molecule has 0 spiro atoms. The van der Waals surface area contributed by atoms with Crippen LogP contribution in [0.2, 0.25) is 21.6 Å². The lowest BCUT2D eigenvalue weighted by Gasteiger charge is -2.42. The molecule has 0 saturated heterocycles. The predicted molar refractivity (Wildman–Crippen MR) is 122 cm³/mol. The second-order valence-electron chi connectivity index (χ2n) is 7.73. The minimum atomic E-state index is -2.00. The summed E-state index contributed by atoms with van der Waals surface area (Å²) in [5.74, 6) is -0.472. The zero-order valence-corrected chi connectivity index (χ0v) is 20.4. The average Bonchev–Trinajstić information content (AvgIpc) is 3.06. The lowest BCUT2D eigenvalue weighted by molar-refractivity contribution is 0.268. The second-order valence-corrected chi connectivity index (χ2v) is 14.8. The molecule has 154 valence electrons. The van der Waals surface area contributed by atoms with Gasteiger partial charge in [0.05, 0.1) is 16.5 Å². The Hall–Kier alpha value is -0.933. The maximum Gasteiger partial charge on any atom is 0.200 e. The Labute approximate surface area is 182 Å². The number of hydrogen-bond acceptors (Lipinski definition) is 5. The van der Waals surface area contributed by atoms with Gasteiger partial charge in [0.1, 0.15) is 16.5 Å². The van der Waals surface area contributed by atoms with Crippen LogP contribution in [0.15, 0.2) is 18.2 Å². The molecule has 9 heteroatoms. The zero-order chi connectivity index (χ0) is 21.1. The number of benzene rings is 1. The number of nitrogens with one attached hydrogen (secondary N) is 1. The van der Waals surface area contributed by atoms with E-state index in [0.29, 0.717) is 39.6 Å². The van der Waals surface area contributed by atoms with E-state index in [9.17, 15) is 4.39 Å². The number of aromatic nitrogens is 2. The molecule has 1 heterocycles. The summed E-state index contributed by atoms with van der Waals surface area (Å²) in [5.41, 5.74) is 2.67. The summed E-state index contributed by atoms with van der Waals surface area (Å²) < 4.78 is 24.1. The fourth-order valence-corrected chi connectivity index (χ4v) is 10.5. The van der Waals surface area contributed by atoms with Gasteiger partial charge in [-0.2, -0.15) is 0 Å². The number of halogens is 2. The number of rotatable bonds is 8. The molecule has 0 aliphatic carbocycles. The van der Waals surface area contributed by atoms with Crippen LogP contribution in [-0.4, -0.2) is 22.9 Å². The molecule has 2 aromatic rings. The normalized spacial score (nSPS) is 12.2. The molecule has 28 heavy (non-hydrogen) atoms. The Morgan fingerprint density at radius 2 is 1.82 bits per heavy atom. The molecule has 0 saturated carbocycles. The van der Waals surface area contributed by atoms with Crippen LogP contribution in [0.3, 0.4) is 0 Å². The van der Waals surface area contributed by atoms with Gasteiger partial charge in [-0.25, -0.2) is 4.39 Å². The third-order valence-corrected chi connectivity index (χ3v) is 12.4. The van der Waals surface area contributed by atoms with Crippen molar-refractivity contribution in [2.75, 3.05) is 5.32 Å². The molecule has 2 rings (SSSR count). The first kappa shape index (κ1) is 23.3. The van der Waals surface area contributed by atoms with Crippen molar-refractivity contribution in [1.82, 2.24) is 9.59 Å². The van der Waals surface area contributed by atoms with E-state index in [2.05, 4.69) is 56.4 Å². The highest BCUT2D eigenvalue weighted by Gasteiger charge is 2.45. The van der Waals surface area contributed by atoms with Crippen LogP contribution < -0.4 is 5.32 Å². The van der Waals surface area contributed by atoms with Gasteiger partial charge in [0.25, 0.3) is 0 Å². The highest BCUT2D eigenvalue weighted by atomic mass is 35.5. The Bertz CT molecular complexity index is 807. The minimum Gasteiger partial charge on any atom is -0.411 e. The van der Waals surface area contributed by atoms with Gasteiger partial charge in [0, 0.05) is 5.69 Å². The van der Waals surface area contributed by atoms with Crippen molar-refractivity contribution in [2.24, 2.45) is 0 Å². The van der Waals surface area contributed by atoms with Crippen molar-refractivity contribution in [3.8, 4) is 0 Å². The largest absolute Gasteiger partial charge is 0.411 e. The van der Waals surface area contributed by atoms with Crippen molar-refractivity contribution >= 4 is 54.3 Å². The summed E-state index contributed by atoms with van der Waals surface area (Å²) >= 11 is 12.6. The molecule has 0 aliphatic rings. The molecule has 4 nitrogen and oxygen atoms in total. The number of thiocarbonyl (C=S) groups is 1. The number of hydrogen-bond donors (Lipinski definition) is 1. The number of nitrogens with zero attached hydrogens (tertiary/aromatic N) is 2. The van der Waals surface area contributed by atoms with Crippen molar-refractivity contribution in [3.05, 3.63) is 39.6 Å². The third kappa shape index (κ3) is 4.97. The standard InChI is InChI=1S/C19H27ClFN3OS2Si/c1-11(2)28(12(3)4,13(5)6)25-10-17-18(23-24-27-17)19(26)22-14-7-8-16(21)15(20)9-14/h7-9,11-13H,10H2,1-6H3,(H,22,26). The van der Waals surface area contributed by atoms with Gasteiger partial charge in [-0.05, 0) is 46.4 Å². The number of anilines is 1. The summed E-state index contributed by atoms with van der Waals surface area (Å²) in [4.78, 5) is 1.31. The van der Waals surface area contributed by atoms with Gasteiger partial charge in [0.15, 0.2) is 0 Å². The van der Waals surface area contributed by atoms with Crippen LogP contribution in [0.5, 0.6) is 0 Å². The van der Waals surface area contributed by atoms with Crippen molar-refractivity contribution in [3.63, 3.8) is 0 Å². The van der Waals surface area contributed by atoms with E-state index in [1.807, 2.05) is 0 Å². The molecule has 1 aromatic carbocycles. The van der Waals surface area contributed by atoms with Crippen LogP contribution in [0.25, 0.3) is 0 Å². The van der Waals surface area contributed by atoms with E-state index in [1.54, 1.807) is 6.07 Å². The van der Waals surface area contributed by atoms with E-state index in [-0.39, 0.29) is 5.02 Å². The quantitative estimate of drug-likeness (QED) is 0.347. The fourth-order valence-electron chi connectivity index (χ4n) is 3.93. The molecule has 0 radical (unpaired) electrons. The van der Waals surface area contributed by atoms with Gasteiger partial charge in [-0.3, -0.25) is 0 Å². The van der Waals surface area contributed by atoms with Gasteiger partial charge in [-0.15, -0.1) is 5.10 Å². The van der Waals surface area contributed by atoms with Crippen LogP contribution >= 0.6 is 35.4 Å². The van der Waals surface area contributed by atoms with Gasteiger partial charge >= 0.3 is 0 Å². The Balaban J connectivity index is 2.18. The summed E-state index contributed by atoms with van der Waals surface area (Å²) in [6, 6.07) is 4.37. The Kier molecular flexibility index (Phi) is 8.10. The van der Waals surface area contributed by atoms with E-state index in [1.165, 1.54) is 23.7 Å². The molecule has 0 bridgehead atoms. The summed E-state index contributed by atoms with van der Waals surface area (Å²) in [7, 11) is -2.00. The molecular formula is C19H27ClFN3OS2Si. The average molecular weight is 460 g/mol. The van der Waals surface area contributed by atoms with Crippen molar-refractivity contribution in [1.29, 1.82) is 0 Å². The monoisotopic (exact) mass is 459 g/mol. The lowest BCUT2D eigenvalue weighted by atomic mass is 10.3. The van der Waals surface area contributed by atoms with Crippen LogP contribution in [-0.2, 0) is 11.0 Å². The van der Waals surface area contributed by atoms with Crippen LogP contribution in [0.4, 0.5) is 10.1 Å². The molecule has 0 amide bonds. The fraction of sp³-hybridized carbons (Fsp3) is 0.526.